The van der Waals surface area contributed by atoms with Crippen molar-refractivity contribution in [1.29, 1.82) is 0 Å². The highest BCUT2D eigenvalue weighted by Crippen LogP contribution is 2.25. The van der Waals surface area contributed by atoms with Crippen molar-refractivity contribution >= 4 is 11.6 Å². The lowest BCUT2D eigenvalue weighted by atomic mass is 10.2. The number of halogens is 1. The molecule has 0 radical (unpaired) electrons. The van der Waals surface area contributed by atoms with Gasteiger partial charge in [-0.3, -0.25) is 0 Å². The van der Waals surface area contributed by atoms with E-state index in [2.05, 4.69) is 27.9 Å². The average molecular weight is 248 g/mol. The van der Waals surface area contributed by atoms with Gasteiger partial charge < -0.3 is 9.88 Å². The summed E-state index contributed by atoms with van der Waals surface area (Å²) in [4.78, 5) is 4.67. The molecule has 17 heavy (non-hydrogen) atoms. The molecule has 0 atom stereocenters. The van der Waals surface area contributed by atoms with E-state index >= 15 is 0 Å². The molecule has 0 saturated heterocycles. The topological polar surface area (TPSA) is 29.9 Å². The minimum Gasteiger partial charge on any atom is -0.325 e. The first-order valence-corrected chi connectivity index (χ1v) is 6.16. The van der Waals surface area contributed by atoms with E-state index < -0.39 is 0 Å². The molecular formula is C13H14ClN3. The number of nitrogens with one attached hydrogen (secondary N) is 1. The summed E-state index contributed by atoms with van der Waals surface area (Å²) in [5.74, 6) is 1.03. The number of hydrogen-bond acceptors (Lipinski definition) is 2. The molecule has 0 spiro atoms. The van der Waals surface area contributed by atoms with Crippen molar-refractivity contribution in [2.24, 2.45) is 0 Å². The number of fused-ring (bicyclic) bond motifs is 1. The zero-order chi connectivity index (χ0) is 11.8. The van der Waals surface area contributed by atoms with Gasteiger partial charge in [-0.2, -0.15) is 0 Å². The van der Waals surface area contributed by atoms with Crippen LogP contribution in [-0.2, 0) is 13.1 Å². The number of aryl methyl sites for hydroxylation is 1. The minimum atomic E-state index is 0.756. The Balaban J connectivity index is 2.15. The average Bonchev–Trinajstić information content (AvgIpc) is 2.68. The second kappa shape index (κ2) is 4.17. The van der Waals surface area contributed by atoms with Crippen molar-refractivity contribution in [1.82, 2.24) is 14.9 Å². The van der Waals surface area contributed by atoms with Crippen LogP contribution in [0, 0.1) is 6.92 Å². The molecule has 1 N–H and O–H groups in total. The first kappa shape index (κ1) is 10.8. The standard InChI is InChI=1S/C13H14ClN3/c1-9-12-8-15-5-6-17(12)13(16-9)10-3-2-4-11(14)7-10/h2-4,7,15H,5-6,8H2,1H3. The summed E-state index contributed by atoms with van der Waals surface area (Å²) in [6.45, 7) is 4.93. The number of nitrogens with zero attached hydrogens (tertiary/aromatic N) is 2. The number of hydrogen-bond donors (Lipinski definition) is 1. The SMILES string of the molecule is Cc1nc(-c2cccc(Cl)c2)n2c1CNCC2. The zero-order valence-corrected chi connectivity index (χ0v) is 10.5. The van der Waals surface area contributed by atoms with Gasteiger partial charge in [0.15, 0.2) is 0 Å². The maximum Gasteiger partial charge on any atom is 0.140 e. The second-order valence-electron chi connectivity index (χ2n) is 4.31. The third kappa shape index (κ3) is 1.85. The summed E-state index contributed by atoms with van der Waals surface area (Å²) in [5.41, 5.74) is 3.48. The Bertz CT molecular complexity index is 560. The maximum atomic E-state index is 6.04. The molecule has 2 heterocycles. The molecule has 3 nitrogen and oxygen atoms in total. The second-order valence-corrected chi connectivity index (χ2v) is 4.74. The van der Waals surface area contributed by atoms with Crippen molar-refractivity contribution in [3.8, 4) is 11.4 Å². The third-order valence-electron chi connectivity index (χ3n) is 3.16. The molecule has 0 bridgehead atoms. The molecule has 0 fully saturated rings. The first-order chi connectivity index (χ1) is 8.25. The lowest BCUT2D eigenvalue weighted by Crippen LogP contribution is -2.28. The number of aromatic nitrogens is 2. The van der Waals surface area contributed by atoms with Gasteiger partial charge in [-0.1, -0.05) is 23.7 Å². The van der Waals surface area contributed by atoms with Gasteiger partial charge >= 0.3 is 0 Å². The van der Waals surface area contributed by atoms with Crippen molar-refractivity contribution in [2.75, 3.05) is 6.54 Å². The summed E-state index contributed by atoms with van der Waals surface area (Å²) in [6.07, 6.45) is 0. The van der Waals surface area contributed by atoms with Crippen LogP contribution in [-0.4, -0.2) is 16.1 Å². The van der Waals surface area contributed by atoms with Gasteiger partial charge in [0, 0.05) is 30.2 Å². The molecule has 1 aliphatic rings. The van der Waals surface area contributed by atoms with E-state index in [0.29, 0.717) is 0 Å². The van der Waals surface area contributed by atoms with E-state index in [1.807, 2.05) is 18.2 Å². The Kier molecular flexibility index (Phi) is 2.65. The smallest absolute Gasteiger partial charge is 0.140 e. The van der Waals surface area contributed by atoms with Crippen LogP contribution in [0.2, 0.25) is 5.02 Å². The van der Waals surface area contributed by atoms with Crippen LogP contribution < -0.4 is 5.32 Å². The van der Waals surface area contributed by atoms with Crippen LogP contribution in [0.3, 0.4) is 0 Å². The number of rotatable bonds is 1. The summed E-state index contributed by atoms with van der Waals surface area (Å²) in [5, 5.41) is 4.13. The molecule has 0 unspecified atom stereocenters. The van der Waals surface area contributed by atoms with Crippen molar-refractivity contribution < 1.29 is 0 Å². The van der Waals surface area contributed by atoms with Gasteiger partial charge in [0.2, 0.25) is 0 Å². The Morgan fingerprint density at radius 2 is 2.29 bits per heavy atom. The highest BCUT2D eigenvalue weighted by molar-refractivity contribution is 6.30. The van der Waals surface area contributed by atoms with Crippen LogP contribution in [0.1, 0.15) is 11.4 Å². The predicted molar refractivity (Wildman–Crippen MR) is 69.1 cm³/mol. The van der Waals surface area contributed by atoms with Gasteiger partial charge in [-0.05, 0) is 19.1 Å². The first-order valence-electron chi connectivity index (χ1n) is 5.78. The van der Waals surface area contributed by atoms with E-state index in [-0.39, 0.29) is 0 Å². The summed E-state index contributed by atoms with van der Waals surface area (Å²) in [6, 6.07) is 7.89. The van der Waals surface area contributed by atoms with Crippen molar-refractivity contribution in [3.63, 3.8) is 0 Å². The third-order valence-corrected chi connectivity index (χ3v) is 3.40. The van der Waals surface area contributed by atoms with E-state index in [1.54, 1.807) is 0 Å². The molecule has 1 aromatic heterocycles. The molecular weight excluding hydrogens is 234 g/mol. The van der Waals surface area contributed by atoms with Crippen LogP contribution >= 0.6 is 11.6 Å². The van der Waals surface area contributed by atoms with Crippen LogP contribution in [0.4, 0.5) is 0 Å². The molecule has 88 valence electrons. The summed E-state index contributed by atoms with van der Waals surface area (Å²) in [7, 11) is 0. The Labute approximate surface area is 105 Å². The van der Waals surface area contributed by atoms with Gasteiger partial charge in [-0.15, -0.1) is 0 Å². The molecule has 0 saturated carbocycles. The van der Waals surface area contributed by atoms with Crippen molar-refractivity contribution in [3.05, 3.63) is 40.7 Å². The molecule has 3 rings (SSSR count). The Morgan fingerprint density at radius 1 is 1.41 bits per heavy atom. The van der Waals surface area contributed by atoms with Crippen LogP contribution in [0.25, 0.3) is 11.4 Å². The summed E-state index contributed by atoms with van der Waals surface area (Å²) < 4.78 is 2.29. The molecule has 1 aliphatic heterocycles. The lowest BCUT2D eigenvalue weighted by molar-refractivity contribution is 0.518. The number of imidazole rings is 1. The molecule has 4 heteroatoms. The van der Waals surface area contributed by atoms with Gasteiger partial charge in [0.25, 0.3) is 0 Å². The fourth-order valence-electron chi connectivity index (χ4n) is 2.32. The van der Waals surface area contributed by atoms with Gasteiger partial charge in [-0.25, -0.2) is 4.98 Å². The highest BCUT2D eigenvalue weighted by atomic mass is 35.5. The normalized spacial score (nSPS) is 14.7. The van der Waals surface area contributed by atoms with E-state index in [4.69, 9.17) is 11.6 Å². The highest BCUT2D eigenvalue weighted by Gasteiger charge is 2.18. The Hall–Kier alpha value is -1.32. The predicted octanol–water partition coefficient (Wildman–Crippen LogP) is 2.62. The molecule has 2 aromatic rings. The zero-order valence-electron chi connectivity index (χ0n) is 9.70. The fourth-order valence-corrected chi connectivity index (χ4v) is 2.51. The quantitative estimate of drug-likeness (QED) is 0.840. The van der Waals surface area contributed by atoms with Gasteiger partial charge in [0.1, 0.15) is 5.82 Å². The fraction of sp³-hybridized carbons (Fsp3) is 0.308. The molecule has 0 amide bonds. The monoisotopic (exact) mass is 247 g/mol. The molecule has 0 aliphatic carbocycles. The minimum absolute atomic E-state index is 0.756. The number of benzene rings is 1. The van der Waals surface area contributed by atoms with Crippen molar-refractivity contribution in [2.45, 2.75) is 20.0 Å². The van der Waals surface area contributed by atoms with E-state index in [0.717, 1.165) is 41.7 Å². The largest absolute Gasteiger partial charge is 0.325 e. The van der Waals surface area contributed by atoms with Crippen LogP contribution in [0.15, 0.2) is 24.3 Å². The summed E-state index contributed by atoms with van der Waals surface area (Å²) >= 11 is 6.04. The Morgan fingerprint density at radius 3 is 3.12 bits per heavy atom. The van der Waals surface area contributed by atoms with E-state index in [9.17, 15) is 0 Å². The lowest BCUT2D eigenvalue weighted by Gasteiger charge is -2.18. The molecule has 1 aromatic carbocycles. The van der Waals surface area contributed by atoms with Crippen LogP contribution in [0.5, 0.6) is 0 Å². The van der Waals surface area contributed by atoms with E-state index in [1.165, 1.54) is 5.69 Å². The van der Waals surface area contributed by atoms with Gasteiger partial charge in [0.05, 0.1) is 11.4 Å². The maximum absolute atomic E-state index is 6.04.